The van der Waals surface area contributed by atoms with E-state index in [9.17, 15) is 4.79 Å². The van der Waals surface area contributed by atoms with Gasteiger partial charge in [0.25, 0.3) is 0 Å². The summed E-state index contributed by atoms with van der Waals surface area (Å²) < 4.78 is 5.51. The Kier molecular flexibility index (Phi) is 4.65. The van der Waals surface area contributed by atoms with E-state index in [-0.39, 0.29) is 11.3 Å². The standard InChI is InChI=1S/C20H21N3O2/c1-20(2,3)15-11-7-8-12-16(15)21-18(24)19-23-22-17(25-19)13-14-9-5-4-6-10-14/h4-12H,13H2,1-3H3,(H,21,24). The van der Waals surface area contributed by atoms with E-state index < -0.39 is 5.91 Å². The Morgan fingerprint density at radius 2 is 1.68 bits per heavy atom. The van der Waals surface area contributed by atoms with Crippen LogP contribution in [-0.4, -0.2) is 16.1 Å². The lowest BCUT2D eigenvalue weighted by molar-refractivity contribution is 0.0988. The number of rotatable bonds is 4. The molecule has 2 aromatic carbocycles. The number of nitrogens with one attached hydrogen (secondary N) is 1. The highest BCUT2D eigenvalue weighted by Crippen LogP contribution is 2.29. The van der Waals surface area contributed by atoms with Crippen LogP contribution in [0, 0.1) is 0 Å². The Morgan fingerprint density at radius 3 is 2.40 bits per heavy atom. The predicted octanol–water partition coefficient (Wildman–Crippen LogP) is 4.21. The molecule has 0 aliphatic rings. The fraction of sp³-hybridized carbons (Fsp3) is 0.250. The molecule has 5 nitrogen and oxygen atoms in total. The number of benzene rings is 2. The number of nitrogens with zero attached hydrogens (tertiary/aromatic N) is 2. The summed E-state index contributed by atoms with van der Waals surface area (Å²) in [5.41, 5.74) is 2.77. The topological polar surface area (TPSA) is 68.0 Å². The first-order valence-electron chi connectivity index (χ1n) is 8.20. The molecule has 5 heteroatoms. The largest absolute Gasteiger partial charge is 0.417 e. The average Bonchev–Trinajstić information content (AvgIpc) is 3.04. The lowest BCUT2D eigenvalue weighted by Gasteiger charge is -2.22. The molecule has 0 aliphatic heterocycles. The van der Waals surface area contributed by atoms with E-state index in [0.29, 0.717) is 12.3 Å². The van der Waals surface area contributed by atoms with Gasteiger partial charge in [0, 0.05) is 5.69 Å². The van der Waals surface area contributed by atoms with Gasteiger partial charge in [-0.2, -0.15) is 0 Å². The first-order valence-corrected chi connectivity index (χ1v) is 8.20. The summed E-state index contributed by atoms with van der Waals surface area (Å²) in [6.45, 7) is 6.30. The summed E-state index contributed by atoms with van der Waals surface area (Å²) in [4.78, 5) is 12.5. The molecular weight excluding hydrogens is 314 g/mol. The molecule has 0 saturated carbocycles. The fourth-order valence-electron chi connectivity index (χ4n) is 2.61. The third-order valence-corrected chi connectivity index (χ3v) is 3.84. The smallest absolute Gasteiger partial charge is 0.313 e. The van der Waals surface area contributed by atoms with Gasteiger partial charge in [-0.3, -0.25) is 4.79 Å². The molecule has 0 aliphatic carbocycles. The molecule has 25 heavy (non-hydrogen) atoms. The molecule has 0 spiro atoms. The maximum atomic E-state index is 12.5. The molecule has 128 valence electrons. The maximum Gasteiger partial charge on any atom is 0.313 e. The van der Waals surface area contributed by atoms with Gasteiger partial charge < -0.3 is 9.73 Å². The van der Waals surface area contributed by atoms with Crippen LogP contribution in [0.25, 0.3) is 0 Å². The summed E-state index contributed by atoms with van der Waals surface area (Å²) in [5, 5.41) is 10.7. The molecule has 1 N–H and O–H groups in total. The maximum absolute atomic E-state index is 12.5. The molecule has 0 bridgehead atoms. The summed E-state index contributed by atoms with van der Waals surface area (Å²) in [5.74, 6) is -0.0152. The van der Waals surface area contributed by atoms with Crippen LogP contribution in [0.15, 0.2) is 59.0 Å². The lowest BCUT2D eigenvalue weighted by Crippen LogP contribution is -2.18. The molecular formula is C20H21N3O2. The van der Waals surface area contributed by atoms with Gasteiger partial charge in [0.15, 0.2) is 0 Å². The highest BCUT2D eigenvalue weighted by atomic mass is 16.4. The first-order chi connectivity index (χ1) is 11.9. The first kappa shape index (κ1) is 16.9. The summed E-state index contributed by atoms with van der Waals surface area (Å²) in [6, 6.07) is 17.5. The van der Waals surface area contributed by atoms with Crippen LogP contribution in [0.2, 0.25) is 0 Å². The Labute approximate surface area is 147 Å². The van der Waals surface area contributed by atoms with Gasteiger partial charge in [0.1, 0.15) is 0 Å². The summed E-state index contributed by atoms with van der Waals surface area (Å²) in [7, 11) is 0. The van der Waals surface area contributed by atoms with E-state index in [1.54, 1.807) is 0 Å². The Hall–Kier alpha value is -2.95. The van der Waals surface area contributed by atoms with Gasteiger partial charge in [-0.25, -0.2) is 0 Å². The van der Waals surface area contributed by atoms with E-state index in [2.05, 4.69) is 36.3 Å². The molecule has 3 rings (SSSR count). The molecule has 0 radical (unpaired) electrons. The third kappa shape index (κ3) is 4.12. The Bertz CT molecular complexity index is 864. The van der Waals surface area contributed by atoms with Crippen molar-refractivity contribution in [2.75, 3.05) is 5.32 Å². The summed E-state index contributed by atoms with van der Waals surface area (Å²) >= 11 is 0. The van der Waals surface area contributed by atoms with Gasteiger partial charge in [-0.05, 0) is 22.6 Å². The number of para-hydroxylation sites is 1. The van der Waals surface area contributed by atoms with E-state index in [1.807, 2.05) is 54.6 Å². The second-order valence-corrected chi connectivity index (χ2v) is 6.91. The zero-order valence-corrected chi connectivity index (χ0v) is 14.6. The molecule has 1 heterocycles. The van der Waals surface area contributed by atoms with Crippen molar-refractivity contribution in [1.82, 2.24) is 10.2 Å². The molecule has 0 saturated heterocycles. The van der Waals surface area contributed by atoms with Crippen molar-refractivity contribution in [2.45, 2.75) is 32.6 Å². The second kappa shape index (κ2) is 6.89. The normalized spacial score (nSPS) is 11.3. The summed E-state index contributed by atoms with van der Waals surface area (Å²) in [6.07, 6.45) is 0.500. The minimum atomic E-state index is -0.400. The zero-order valence-electron chi connectivity index (χ0n) is 14.6. The van der Waals surface area contributed by atoms with Crippen LogP contribution in [0.4, 0.5) is 5.69 Å². The minimum absolute atomic E-state index is 0.0327. The Morgan fingerprint density at radius 1 is 1.00 bits per heavy atom. The van der Waals surface area contributed by atoms with Crippen molar-refractivity contribution in [2.24, 2.45) is 0 Å². The second-order valence-electron chi connectivity index (χ2n) is 6.91. The van der Waals surface area contributed by atoms with Gasteiger partial charge >= 0.3 is 11.8 Å². The molecule has 3 aromatic rings. The van der Waals surface area contributed by atoms with Crippen molar-refractivity contribution in [3.8, 4) is 0 Å². The minimum Gasteiger partial charge on any atom is -0.417 e. The Balaban J connectivity index is 1.75. The van der Waals surface area contributed by atoms with E-state index in [1.165, 1.54) is 0 Å². The van der Waals surface area contributed by atoms with Crippen molar-refractivity contribution in [3.63, 3.8) is 0 Å². The predicted molar refractivity (Wildman–Crippen MR) is 96.6 cm³/mol. The molecule has 0 fully saturated rings. The van der Waals surface area contributed by atoms with Crippen LogP contribution in [-0.2, 0) is 11.8 Å². The van der Waals surface area contributed by atoms with E-state index in [0.717, 1.165) is 16.8 Å². The zero-order chi connectivity index (χ0) is 17.9. The van der Waals surface area contributed by atoms with Crippen molar-refractivity contribution < 1.29 is 9.21 Å². The van der Waals surface area contributed by atoms with E-state index in [4.69, 9.17) is 4.42 Å². The highest BCUT2D eigenvalue weighted by molar-refractivity contribution is 6.01. The molecule has 0 atom stereocenters. The number of carbonyl (C=O) groups is 1. The SMILES string of the molecule is CC(C)(C)c1ccccc1NC(=O)c1nnc(Cc2ccccc2)o1. The molecule has 1 amide bonds. The molecule has 1 aromatic heterocycles. The van der Waals surface area contributed by atoms with Crippen LogP contribution in [0.3, 0.4) is 0 Å². The van der Waals surface area contributed by atoms with Crippen LogP contribution >= 0.6 is 0 Å². The van der Waals surface area contributed by atoms with Crippen molar-refractivity contribution >= 4 is 11.6 Å². The van der Waals surface area contributed by atoms with Gasteiger partial charge in [0.05, 0.1) is 6.42 Å². The van der Waals surface area contributed by atoms with Gasteiger partial charge in [0.2, 0.25) is 5.89 Å². The highest BCUT2D eigenvalue weighted by Gasteiger charge is 2.21. The number of anilines is 1. The number of amides is 1. The van der Waals surface area contributed by atoms with Crippen molar-refractivity contribution in [3.05, 3.63) is 77.5 Å². The van der Waals surface area contributed by atoms with Crippen molar-refractivity contribution in [1.29, 1.82) is 0 Å². The number of aromatic nitrogens is 2. The monoisotopic (exact) mass is 335 g/mol. The molecule has 0 unspecified atom stereocenters. The van der Waals surface area contributed by atoms with Gasteiger partial charge in [-0.15, -0.1) is 10.2 Å². The van der Waals surface area contributed by atoms with Crippen LogP contribution in [0.1, 0.15) is 48.5 Å². The third-order valence-electron chi connectivity index (χ3n) is 3.84. The number of carbonyl (C=O) groups excluding carboxylic acids is 1. The van der Waals surface area contributed by atoms with E-state index >= 15 is 0 Å². The quantitative estimate of drug-likeness (QED) is 0.775. The lowest BCUT2D eigenvalue weighted by atomic mass is 9.86. The fourth-order valence-corrected chi connectivity index (χ4v) is 2.61. The number of hydrogen-bond donors (Lipinski definition) is 1. The van der Waals surface area contributed by atoms with Crippen LogP contribution < -0.4 is 5.32 Å². The van der Waals surface area contributed by atoms with Gasteiger partial charge in [-0.1, -0.05) is 69.3 Å². The number of hydrogen-bond acceptors (Lipinski definition) is 4. The average molecular weight is 335 g/mol. The van der Waals surface area contributed by atoms with Crippen LogP contribution in [0.5, 0.6) is 0 Å².